The standard InChI is InChI=1S/C13H19ClN2O2/c1-13(2,8-16(3)4)9-18-12-11(14)5-10(7-17)6-15-12/h5-7H,8-9H2,1-4H3. The molecular formula is C13H19ClN2O2. The third-order valence-electron chi connectivity index (χ3n) is 2.31. The van der Waals surface area contributed by atoms with E-state index < -0.39 is 0 Å². The minimum absolute atomic E-state index is 0.00214. The summed E-state index contributed by atoms with van der Waals surface area (Å²) in [7, 11) is 4.04. The minimum atomic E-state index is -0.00214. The molecular weight excluding hydrogens is 252 g/mol. The van der Waals surface area contributed by atoms with Crippen LogP contribution in [-0.2, 0) is 0 Å². The van der Waals surface area contributed by atoms with Gasteiger partial charge in [0.2, 0.25) is 5.88 Å². The van der Waals surface area contributed by atoms with Crippen molar-refractivity contribution in [1.82, 2.24) is 9.88 Å². The highest BCUT2D eigenvalue weighted by molar-refractivity contribution is 6.32. The predicted molar refractivity (Wildman–Crippen MR) is 72.5 cm³/mol. The Kier molecular flexibility index (Phi) is 5.11. The lowest BCUT2D eigenvalue weighted by molar-refractivity contribution is 0.112. The number of rotatable bonds is 6. The van der Waals surface area contributed by atoms with Gasteiger partial charge in [-0.15, -0.1) is 0 Å². The summed E-state index contributed by atoms with van der Waals surface area (Å²) in [6.07, 6.45) is 2.16. The highest BCUT2D eigenvalue weighted by Gasteiger charge is 2.20. The number of aldehydes is 1. The topological polar surface area (TPSA) is 42.4 Å². The monoisotopic (exact) mass is 270 g/mol. The lowest BCUT2D eigenvalue weighted by Gasteiger charge is -2.27. The van der Waals surface area contributed by atoms with Crippen LogP contribution in [0.2, 0.25) is 5.02 Å². The van der Waals surface area contributed by atoms with Gasteiger partial charge in [-0.25, -0.2) is 4.98 Å². The molecule has 1 aromatic heterocycles. The van der Waals surface area contributed by atoms with Gasteiger partial charge in [-0.2, -0.15) is 0 Å². The van der Waals surface area contributed by atoms with Crippen molar-refractivity contribution >= 4 is 17.9 Å². The second kappa shape index (κ2) is 6.16. The molecule has 0 saturated heterocycles. The number of hydrogen-bond donors (Lipinski definition) is 0. The van der Waals surface area contributed by atoms with Crippen molar-refractivity contribution in [3.63, 3.8) is 0 Å². The normalized spacial score (nSPS) is 11.7. The van der Waals surface area contributed by atoms with Crippen molar-refractivity contribution in [2.45, 2.75) is 13.8 Å². The predicted octanol–water partition coefficient (Wildman–Crippen LogP) is 2.51. The number of carbonyl (C=O) groups excluding carboxylic acids is 1. The Bertz CT molecular complexity index is 419. The van der Waals surface area contributed by atoms with E-state index in [1.165, 1.54) is 6.20 Å². The molecule has 0 amide bonds. The van der Waals surface area contributed by atoms with Crippen LogP contribution in [0.25, 0.3) is 0 Å². The van der Waals surface area contributed by atoms with Crippen LogP contribution in [0.4, 0.5) is 0 Å². The van der Waals surface area contributed by atoms with Crippen molar-refractivity contribution in [2.75, 3.05) is 27.2 Å². The molecule has 0 fully saturated rings. The Labute approximate surface area is 113 Å². The summed E-state index contributed by atoms with van der Waals surface area (Å²) in [6.45, 7) is 5.64. The van der Waals surface area contributed by atoms with Crippen molar-refractivity contribution < 1.29 is 9.53 Å². The third kappa shape index (κ3) is 4.63. The van der Waals surface area contributed by atoms with E-state index in [0.717, 1.165) is 6.54 Å². The fourth-order valence-electron chi connectivity index (χ4n) is 1.78. The summed E-state index contributed by atoms with van der Waals surface area (Å²) >= 11 is 5.99. The number of nitrogens with zero attached hydrogens (tertiary/aromatic N) is 2. The first-order valence-electron chi connectivity index (χ1n) is 5.72. The highest BCUT2D eigenvalue weighted by atomic mass is 35.5. The van der Waals surface area contributed by atoms with Gasteiger partial charge >= 0.3 is 0 Å². The van der Waals surface area contributed by atoms with Crippen LogP contribution in [0, 0.1) is 5.41 Å². The number of hydrogen-bond acceptors (Lipinski definition) is 4. The number of halogens is 1. The average molecular weight is 271 g/mol. The van der Waals surface area contributed by atoms with Gasteiger partial charge in [-0.05, 0) is 20.2 Å². The Morgan fingerprint density at radius 2 is 2.17 bits per heavy atom. The molecule has 1 aromatic rings. The second-order valence-electron chi connectivity index (χ2n) is 5.36. The van der Waals surface area contributed by atoms with E-state index in [0.29, 0.717) is 29.4 Å². The Morgan fingerprint density at radius 3 is 2.67 bits per heavy atom. The lowest BCUT2D eigenvalue weighted by Crippen LogP contribution is -2.33. The second-order valence-corrected chi connectivity index (χ2v) is 5.77. The Morgan fingerprint density at radius 1 is 1.50 bits per heavy atom. The maximum absolute atomic E-state index is 10.6. The summed E-state index contributed by atoms with van der Waals surface area (Å²) in [5.74, 6) is 0.370. The Hall–Kier alpha value is -1.13. The first kappa shape index (κ1) is 14.9. The van der Waals surface area contributed by atoms with E-state index in [1.54, 1.807) is 6.07 Å². The van der Waals surface area contributed by atoms with Crippen LogP contribution in [0.3, 0.4) is 0 Å². The van der Waals surface area contributed by atoms with Crippen LogP contribution in [0.15, 0.2) is 12.3 Å². The van der Waals surface area contributed by atoms with E-state index in [1.807, 2.05) is 14.1 Å². The zero-order valence-corrected chi connectivity index (χ0v) is 12.0. The molecule has 18 heavy (non-hydrogen) atoms. The highest BCUT2D eigenvalue weighted by Crippen LogP contribution is 2.24. The van der Waals surface area contributed by atoms with Crippen molar-refractivity contribution in [3.05, 3.63) is 22.8 Å². The molecule has 0 N–H and O–H groups in total. The lowest BCUT2D eigenvalue weighted by atomic mass is 9.94. The minimum Gasteiger partial charge on any atom is -0.476 e. The van der Waals surface area contributed by atoms with Gasteiger partial charge in [-0.1, -0.05) is 25.4 Å². The molecule has 1 rings (SSSR count). The van der Waals surface area contributed by atoms with Gasteiger partial charge in [0.25, 0.3) is 0 Å². The van der Waals surface area contributed by atoms with Gasteiger partial charge in [0, 0.05) is 23.7 Å². The van der Waals surface area contributed by atoms with Gasteiger partial charge in [-0.3, -0.25) is 4.79 Å². The molecule has 4 nitrogen and oxygen atoms in total. The SMILES string of the molecule is CN(C)CC(C)(C)COc1ncc(C=O)cc1Cl. The van der Waals surface area contributed by atoms with E-state index in [2.05, 4.69) is 23.7 Å². The first-order chi connectivity index (χ1) is 8.34. The molecule has 0 radical (unpaired) electrons. The zero-order valence-electron chi connectivity index (χ0n) is 11.2. The van der Waals surface area contributed by atoms with Crippen LogP contribution in [-0.4, -0.2) is 43.4 Å². The summed E-state index contributed by atoms with van der Waals surface area (Å²) in [5.41, 5.74) is 0.442. The average Bonchev–Trinajstić information content (AvgIpc) is 2.25. The van der Waals surface area contributed by atoms with Crippen LogP contribution in [0.1, 0.15) is 24.2 Å². The molecule has 1 heterocycles. The molecule has 0 saturated carbocycles. The van der Waals surface area contributed by atoms with Crippen molar-refractivity contribution in [1.29, 1.82) is 0 Å². The largest absolute Gasteiger partial charge is 0.476 e. The molecule has 100 valence electrons. The first-order valence-corrected chi connectivity index (χ1v) is 6.10. The van der Waals surface area contributed by atoms with E-state index >= 15 is 0 Å². The zero-order chi connectivity index (χ0) is 13.8. The number of ether oxygens (including phenoxy) is 1. The van der Waals surface area contributed by atoms with E-state index in [9.17, 15) is 4.79 Å². The van der Waals surface area contributed by atoms with Gasteiger partial charge in [0.1, 0.15) is 5.02 Å². The molecule has 0 aliphatic rings. The molecule has 0 unspecified atom stereocenters. The fraction of sp³-hybridized carbons (Fsp3) is 0.538. The smallest absolute Gasteiger partial charge is 0.232 e. The summed E-state index contributed by atoms with van der Waals surface area (Å²) in [5, 5.41) is 0.361. The number of pyridine rings is 1. The van der Waals surface area contributed by atoms with Gasteiger partial charge in [0.15, 0.2) is 6.29 Å². The van der Waals surface area contributed by atoms with Crippen molar-refractivity contribution in [2.24, 2.45) is 5.41 Å². The van der Waals surface area contributed by atoms with Crippen molar-refractivity contribution in [3.8, 4) is 5.88 Å². The van der Waals surface area contributed by atoms with Crippen LogP contribution >= 0.6 is 11.6 Å². The van der Waals surface area contributed by atoms with Crippen LogP contribution < -0.4 is 4.74 Å². The molecule has 0 aromatic carbocycles. The maximum Gasteiger partial charge on any atom is 0.232 e. The quantitative estimate of drug-likeness (QED) is 0.745. The molecule has 0 spiro atoms. The Balaban J connectivity index is 2.66. The van der Waals surface area contributed by atoms with Crippen LogP contribution in [0.5, 0.6) is 5.88 Å². The molecule has 0 aliphatic carbocycles. The summed E-state index contributed by atoms with van der Waals surface area (Å²) in [4.78, 5) is 16.7. The van der Waals surface area contributed by atoms with Gasteiger partial charge < -0.3 is 9.64 Å². The number of carbonyl (C=O) groups is 1. The summed E-state index contributed by atoms with van der Waals surface area (Å²) < 4.78 is 5.62. The molecule has 0 aliphatic heterocycles. The van der Waals surface area contributed by atoms with Gasteiger partial charge in [0.05, 0.1) is 6.61 Å². The van der Waals surface area contributed by atoms with E-state index in [4.69, 9.17) is 16.3 Å². The maximum atomic E-state index is 10.6. The van der Waals surface area contributed by atoms with E-state index in [-0.39, 0.29) is 5.41 Å². The molecule has 0 atom stereocenters. The fourth-order valence-corrected chi connectivity index (χ4v) is 2.01. The molecule has 0 bridgehead atoms. The molecule has 5 heteroatoms. The summed E-state index contributed by atoms with van der Waals surface area (Å²) in [6, 6.07) is 1.55. The number of aromatic nitrogens is 1. The third-order valence-corrected chi connectivity index (χ3v) is 2.58.